The average Bonchev–Trinajstić information content (AvgIpc) is 2.35. The summed E-state index contributed by atoms with van der Waals surface area (Å²) in [6.07, 6.45) is 0. The van der Waals surface area contributed by atoms with E-state index in [1.165, 1.54) is 12.1 Å². The highest BCUT2D eigenvalue weighted by atomic mass is 35.5. The van der Waals surface area contributed by atoms with Gasteiger partial charge in [0, 0.05) is 17.4 Å². The van der Waals surface area contributed by atoms with Crippen molar-refractivity contribution < 1.29 is 8.42 Å². The van der Waals surface area contributed by atoms with Crippen LogP contribution in [0.2, 0.25) is 5.02 Å². The molecule has 0 aliphatic carbocycles. The second-order valence-electron chi connectivity index (χ2n) is 4.19. The van der Waals surface area contributed by atoms with Crippen molar-refractivity contribution in [3.8, 4) is 0 Å². The largest absolute Gasteiger partial charge is 0.389 e. The molecule has 1 unspecified atom stereocenters. The van der Waals surface area contributed by atoms with Crippen molar-refractivity contribution in [2.24, 2.45) is 5.73 Å². The van der Waals surface area contributed by atoms with E-state index in [0.717, 1.165) is 5.75 Å². The third kappa shape index (κ3) is 4.89. The van der Waals surface area contributed by atoms with Crippen LogP contribution < -0.4 is 10.5 Å². The number of rotatable bonds is 7. The fourth-order valence-corrected chi connectivity index (χ4v) is 4.22. The second kappa shape index (κ2) is 7.61. The van der Waals surface area contributed by atoms with Crippen LogP contribution in [0.1, 0.15) is 19.4 Å². The maximum Gasteiger partial charge on any atom is 0.242 e. The number of hydrogen-bond donors (Lipinski definition) is 2. The molecule has 0 amide bonds. The molecular weight excluding hydrogens is 336 g/mol. The second-order valence-corrected chi connectivity index (χ2v) is 8.04. The molecule has 0 aliphatic rings. The normalized spacial score (nSPS) is 13.2. The highest BCUT2D eigenvalue weighted by Gasteiger charge is 2.20. The Bertz CT molecular complexity index is 590. The standard InChI is InChI=1S/C12H17ClN2O2S3/c1-3-19-7-8(2)15-20(16,17)11-5-4-9(12(14)18)6-10(11)13/h4-6,8,15H,3,7H2,1-2H3,(H2,14,18). The van der Waals surface area contributed by atoms with Gasteiger partial charge in [-0.25, -0.2) is 13.1 Å². The lowest BCUT2D eigenvalue weighted by molar-refractivity contribution is 0.571. The van der Waals surface area contributed by atoms with Gasteiger partial charge in [0.05, 0.1) is 5.02 Å². The third-order valence-corrected chi connectivity index (χ3v) is 5.89. The first kappa shape index (κ1) is 17.7. The number of sulfonamides is 1. The summed E-state index contributed by atoms with van der Waals surface area (Å²) in [6.45, 7) is 3.84. The number of benzene rings is 1. The highest BCUT2D eigenvalue weighted by molar-refractivity contribution is 7.99. The first-order valence-electron chi connectivity index (χ1n) is 5.97. The number of hydrogen-bond acceptors (Lipinski definition) is 4. The molecule has 1 rings (SSSR count). The van der Waals surface area contributed by atoms with E-state index in [1.807, 2.05) is 13.8 Å². The lowest BCUT2D eigenvalue weighted by atomic mass is 10.2. The van der Waals surface area contributed by atoms with Crippen LogP contribution >= 0.6 is 35.6 Å². The minimum Gasteiger partial charge on any atom is -0.389 e. The van der Waals surface area contributed by atoms with Crippen LogP contribution in [-0.2, 0) is 10.0 Å². The number of thioether (sulfide) groups is 1. The Kier molecular flexibility index (Phi) is 6.74. The number of nitrogens with two attached hydrogens (primary N) is 1. The molecule has 1 aromatic carbocycles. The van der Waals surface area contributed by atoms with Crippen LogP contribution in [0.25, 0.3) is 0 Å². The van der Waals surface area contributed by atoms with Crippen molar-refractivity contribution in [3.63, 3.8) is 0 Å². The number of nitrogens with one attached hydrogen (secondary N) is 1. The van der Waals surface area contributed by atoms with Crippen LogP contribution in [0.5, 0.6) is 0 Å². The van der Waals surface area contributed by atoms with E-state index in [2.05, 4.69) is 4.72 Å². The summed E-state index contributed by atoms with van der Waals surface area (Å²) in [6, 6.07) is 4.26. The first-order chi connectivity index (χ1) is 9.27. The van der Waals surface area contributed by atoms with Gasteiger partial charge >= 0.3 is 0 Å². The Morgan fingerprint density at radius 3 is 2.70 bits per heavy atom. The lowest BCUT2D eigenvalue weighted by Crippen LogP contribution is -2.34. The molecule has 0 bridgehead atoms. The fraction of sp³-hybridized carbons (Fsp3) is 0.417. The monoisotopic (exact) mass is 352 g/mol. The van der Waals surface area contributed by atoms with Gasteiger partial charge in [-0.05, 0) is 24.8 Å². The summed E-state index contributed by atoms with van der Waals surface area (Å²) in [5.74, 6) is 1.65. The smallest absolute Gasteiger partial charge is 0.242 e. The van der Waals surface area contributed by atoms with Gasteiger partial charge in [0.2, 0.25) is 10.0 Å². The molecule has 0 aromatic heterocycles. The molecule has 0 saturated heterocycles. The van der Waals surface area contributed by atoms with Crippen LogP contribution in [0.3, 0.4) is 0 Å². The molecule has 4 nitrogen and oxygen atoms in total. The minimum atomic E-state index is -3.64. The van der Waals surface area contributed by atoms with Gasteiger partial charge in [0.25, 0.3) is 0 Å². The summed E-state index contributed by atoms with van der Waals surface area (Å²) in [4.78, 5) is 0.212. The van der Waals surface area contributed by atoms with E-state index in [9.17, 15) is 8.42 Å². The average molecular weight is 353 g/mol. The summed E-state index contributed by atoms with van der Waals surface area (Å²) in [5, 5.41) is 0.109. The molecule has 0 aliphatic heterocycles. The van der Waals surface area contributed by atoms with Gasteiger partial charge in [0.1, 0.15) is 9.88 Å². The van der Waals surface area contributed by atoms with E-state index in [-0.39, 0.29) is 20.9 Å². The topological polar surface area (TPSA) is 72.2 Å². The SMILES string of the molecule is CCSCC(C)NS(=O)(=O)c1ccc(C(N)=S)cc1Cl. The molecular formula is C12H17ClN2O2S3. The Labute approximate surface area is 134 Å². The quantitative estimate of drug-likeness (QED) is 0.737. The van der Waals surface area contributed by atoms with Crippen molar-refractivity contribution in [1.82, 2.24) is 4.72 Å². The van der Waals surface area contributed by atoms with Crippen molar-refractivity contribution in [2.45, 2.75) is 24.8 Å². The van der Waals surface area contributed by atoms with Crippen LogP contribution in [0.4, 0.5) is 0 Å². The molecule has 0 heterocycles. The molecule has 0 saturated carbocycles. The maximum atomic E-state index is 12.2. The van der Waals surface area contributed by atoms with Crippen LogP contribution in [0, 0.1) is 0 Å². The number of thiocarbonyl (C=S) groups is 1. The van der Waals surface area contributed by atoms with Crippen molar-refractivity contribution in [3.05, 3.63) is 28.8 Å². The summed E-state index contributed by atoms with van der Waals surface area (Å²) in [7, 11) is -3.64. The molecule has 20 heavy (non-hydrogen) atoms. The van der Waals surface area contributed by atoms with Gasteiger partial charge in [0.15, 0.2) is 0 Å². The minimum absolute atomic E-state index is 0.0347. The first-order valence-corrected chi connectivity index (χ1v) is 9.39. The maximum absolute atomic E-state index is 12.2. The van der Waals surface area contributed by atoms with Crippen LogP contribution in [0.15, 0.2) is 23.1 Å². The summed E-state index contributed by atoms with van der Waals surface area (Å²) in [5.41, 5.74) is 6.02. The van der Waals surface area contributed by atoms with E-state index in [0.29, 0.717) is 11.3 Å². The van der Waals surface area contributed by atoms with Gasteiger partial charge in [-0.3, -0.25) is 0 Å². The lowest BCUT2D eigenvalue weighted by Gasteiger charge is -2.14. The fourth-order valence-electron chi connectivity index (χ4n) is 1.53. The zero-order chi connectivity index (χ0) is 15.3. The van der Waals surface area contributed by atoms with E-state index in [4.69, 9.17) is 29.6 Å². The van der Waals surface area contributed by atoms with Crippen LogP contribution in [-0.4, -0.2) is 31.0 Å². The van der Waals surface area contributed by atoms with Gasteiger partial charge in [-0.2, -0.15) is 11.8 Å². The van der Waals surface area contributed by atoms with Gasteiger partial charge < -0.3 is 5.73 Å². The van der Waals surface area contributed by atoms with E-state index in [1.54, 1.807) is 17.8 Å². The molecule has 112 valence electrons. The molecule has 8 heteroatoms. The predicted octanol–water partition coefficient (Wildman–Crippen LogP) is 2.39. The summed E-state index contributed by atoms with van der Waals surface area (Å²) < 4.78 is 27.1. The van der Waals surface area contributed by atoms with Gasteiger partial charge in [-0.15, -0.1) is 0 Å². The number of halogens is 1. The zero-order valence-corrected chi connectivity index (χ0v) is 14.4. The predicted molar refractivity (Wildman–Crippen MR) is 90.1 cm³/mol. The van der Waals surface area contributed by atoms with E-state index >= 15 is 0 Å². The molecule has 0 spiro atoms. The van der Waals surface area contributed by atoms with Crippen molar-refractivity contribution >= 4 is 50.6 Å². The van der Waals surface area contributed by atoms with Crippen molar-refractivity contribution in [2.75, 3.05) is 11.5 Å². The Hall–Kier alpha value is -0.340. The Balaban J connectivity index is 2.95. The molecule has 0 fully saturated rings. The highest BCUT2D eigenvalue weighted by Crippen LogP contribution is 2.23. The zero-order valence-electron chi connectivity index (χ0n) is 11.2. The Morgan fingerprint density at radius 1 is 1.55 bits per heavy atom. The molecule has 3 N–H and O–H groups in total. The van der Waals surface area contributed by atoms with Crippen molar-refractivity contribution in [1.29, 1.82) is 0 Å². The molecule has 1 aromatic rings. The molecule has 0 radical (unpaired) electrons. The van der Waals surface area contributed by atoms with Gasteiger partial charge in [-0.1, -0.05) is 36.8 Å². The Morgan fingerprint density at radius 2 is 2.20 bits per heavy atom. The molecule has 1 atom stereocenters. The van der Waals surface area contributed by atoms with E-state index < -0.39 is 10.0 Å². The third-order valence-electron chi connectivity index (χ3n) is 2.43. The summed E-state index contributed by atoms with van der Waals surface area (Å²) >= 11 is 12.5.